The van der Waals surface area contributed by atoms with Crippen molar-refractivity contribution in [1.29, 1.82) is 0 Å². The SMILES string of the molecule is CCN(CC)CCCNC(=O)CBr. The number of amides is 1. The summed E-state index contributed by atoms with van der Waals surface area (Å²) in [4.78, 5) is 13.2. The molecule has 0 saturated carbocycles. The third kappa shape index (κ3) is 7.02. The van der Waals surface area contributed by atoms with E-state index in [0.29, 0.717) is 5.33 Å². The zero-order valence-electron chi connectivity index (χ0n) is 8.48. The van der Waals surface area contributed by atoms with Crippen LogP contribution >= 0.6 is 15.9 Å². The molecule has 0 aromatic rings. The first-order valence-electron chi connectivity index (χ1n) is 4.79. The van der Waals surface area contributed by atoms with Crippen LogP contribution in [-0.2, 0) is 4.79 Å². The summed E-state index contributed by atoms with van der Waals surface area (Å²) in [7, 11) is 0. The number of alkyl halides is 1. The zero-order valence-corrected chi connectivity index (χ0v) is 10.1. The topological polar surface area (TPSA) is 32.3 Å². The van der Waals surface area contributed by atoms with Crippen LogP contribution in [0.5, 0.6) is 0 Å². The van der Waals surface area contributed by atoms with Crippen LogP contribution in [0.1, 0.15) is 20.3 Å². The number of nitrogens with one attached hydrogen (secondary N) is 1. The maximum atomic E-state index is 10.8. The van der Waals surface area contributed by atoms with Crippen molar-refractivity contribution in [2.24, 2.45) is 0 Å². The normalized spacial score (nSPS) is 10.5. The molecule has 0 atom stereocenters. The van der Waals surface area contributed by atoms with E-state index in [9.17, 15) is 4.79 Å². The van der Waals surface area contributed by atoms with Crippen molar-refractivity contribution in [2.45, 2.75) is 20.3 Å². The van der Waals surface area contributed by atoms with Gasteiger partial charge >= 0.3 is 0 Å². The lowest BCUT2D eigenvalue weighted by molar-refractivity contribution is -0.118. The molecular formula is C9H19BrN2O. The van der Waals surface area contributed by atoms with Gasteiger partial charge in [0.05, 0.1) is 5.33 Å². The highest BCUT2D eigenvalue weighted by Gasteiger charge is 1.99. The maximum Gasteiger partial charge on any atom is 0.230 e. The van der Waals surface area contributed by atoms with Crippen LogP contribution in [0.3, 0.4) is 0 Å². The molecule has 0 bridgehead atoms. The summed E-state index contributed by atoms with van der Waals surface area (Å²) in [6.45, 7) is 8.32. The molecule has 4 heteroatoms. The highest BCUT2D eigenvalue weighted by atomic mass is 79.9. The molecule has 0 rings (SSSR count). The smallest absolute Gasteiger partial charge is 0.230 e. The molecule has 0 unspecified atom stereocenters. The molecule has 78 valence electrons. The third-order valence-corrected chi connectivity index (χ3v) is 2.50. The second-order valence-electron chi connectivity index (χ2n) is 2.86. The summed E-state index contributed by atoms with van der Waals surface area (Å²) in [5.41, 5.74) is 0. The highest BCUT2D eigenvalue weighted by molar-refractivity contribution is 9.09. The Morgan fingerprint density at radius 2 is 2.00 bits per heavy atom. The van der Waals surface area contributed by atoms with E-state index in [-0.39, 0.29) is 5.91 Å². The molecule has 0 spiro atoms. The monoisotopic (exact) mass is 250 g/mol. The molecule has 3 nitrogen and oxygen atoms in total. The highest BCUT2D eigenvalue weighted by Crippen LogP contribution is 1.89. The van der Waals surface area contributed by atoms with Crippen LogP contribution in [0.4, 0.5) is 0 Å². The van der Waals surface area contributed by atoms with Gasteiger partial charge in [-0.3, -0.25) is 4.79 Å². The molecule has 0 fully saturated rings. The first-order valence-corrected chi connectivity index (χ1v) is 5.91. The Balaban J connectivity index is 3.28. The fourth-order valence-corrected chi connectivity index (χ4v) is 1.32. The fourth-order valence-electron chi connectivity index (χ4n) is 1.12. The van der Waals surface area contributed by atoms with E-state index in [1.165, 1.54) is 0 Å². The van der Waals surface area contributed by atoms with Gasteiger partial charge in [-0.05, 0) is 26.1 Å². The third-order valence-electron chi connectivity index (χ3n) is 1.99. The van der Waals surface area contributed by atoms with Crippen molar-refractivity contribution in [2.75, 3.05) is 31.5 Å². The summed E-state index contributed by atoms with van der Waals surface area (Å²) in [6.07, 6.45) is 1.03. The summed E-state index contributed by atoms with van der Waals surface area (Å²) >= 11 is 3.10. The van der Waals surface area contributed by atoms with E-state index in [2.05, 4.69) is 40.0 Å². The predicted molar refractivity (Wildman–Crippen MR) is 59.2 cm³/mol. The number of carbonyl (C=O) groups is 1. The Morgan fingerprint density at radius 3 is 2.46 bits per heavy atom. The van der Waals surface area contributed by atoms with Crippen molar-refractivity contribution >= 4 is 21.8 Å². The summed E-state index contributed by atoms with van der Waals surface area (Å²) in [5.74, 6) is 0.0690. The molecule has 0 aromatic carbocycles. The van der Waals surface area contributed by atoms with Crippen LogP contribution in [-0.4, -0.2) is 42.3 Å². The minimum Gasteiger partial charge on any atom is -0.355 e. The lowest BCUT2D eigenvalue weighted by atomic mass is 10.3. The van der Waals surface area contributed by atoms with E-state index < -0.39 is 0 Å². The Morgan fingerprint density at radius 1 is 1.38 bits per heavy atom. The Labute approximate surface area is 89.0 Å². The molecule has 13 heavy (non-hydrogen) atoms. The van der Waals surface area contributed by atoms with Crippen molar-refractivity contribution in [3.8, 4) is 0 Å². The van der Waals surface area contributed by atoms with Crippen LogP contribution in [0.15, 0.2) is 0 Å². The summed E-state index contributed by atoms with van der Waals surface area (Å²) < 4.78 is 0. The fraction of sp³-hybridized carbons (Fsp3) is 0.889. The molecule has 0 aliphatic rings. The quantitative estimate of drug-likeness (QED) is 0.545. The first-order chi connectivity index (χ1) is 6.24. The van der Waals surface area contributed by atoms with Crippen LogP contribution in [0, 0.1) is 0 Å². The second-order valence-corrected chi connectivity index (χ2v) is 3.42. The standard InChI is InChI=1S/C9H19BrN2O/c1-3-12(4-2)7-5-6-11-9(13)8-10/h3-8H2,1-2H3,(H,11,13). The average molecular weight is 251 g/mol. The molecule has 1 N–H and O–H groups in total. The minimum atomic E-state index is 0.0690. The van der Waals surface area contributed by atoms with Crippen molar-refractivity contribution in [3.05, 3.63) is 0 Å². The number of halogens is 1. The molecule has 0 aliphatic heterocycles. The molecule has 0 aliphatic carbocycles. The number of hydrogen-bond acceptors (Lipinski definition) is 2. The van der Waals surface area contributed by atoms with Crippen LogP contribution in [0.25, 0.3) is 0 Å². The van der Waals surface area contributed by atoms with E-state index >= 15 is 0 Å². The maximum absolute atomic E-state index is 10.8. The number of nitrogens with zero attached hydrogens (tertiary/aromatic N) is 1. The van der Waals surface area contributed by atoms with Crippen molar-refractivity contribution in [3.63, 3.8) is 0 Å². The van der Waals surface area contributed by atoms with Gasteiger partial charge in [0.25, 0.3) is 0 Å². The largest absolute Gasteiger partial charge is 0.355 e. The van der Waals surface area contributed by atoms with E-state index in [0.717, 1.165) is 32.6 Å². The van der Waals surface area contributed by atoms with Gasteiger partial charge < -0.3 is 10.2 Å². The lowest BCUT2D eigenvalue weighted by Crippen LogP contribution is -2.30. The zero-order chi connectivity index (χ0) is 10.1. The summed E-state index contributed by atoms with van der Waals surface area (Å²) in [6, 6.07) is 0. The van der Waals surface area contributed by atoms with Gasteiger partial charge in [-0.2, -0.15) is 0 Å². The van der Waals surface area contributed by atoms with Gasteiger partial charge in [-0.1, -0.05) is 29.8 Å². The van der Waals surface area contributed by atoms with Gasteiger partial charge in [0.1, 0.15) is 0 Å². The molecular weight excluding hydrogens is 232 g/mol. The number of hydrogen-bond donors (Lipinski definition) is 1. The van der Waals surface area contributed by atoms with Gasteiger partial charge in [0.2, 0.25) is 5.91 Å². The molecule has 0 saturated heterocycles. The second kappa shape index (κ2) is 8.51. The van der Waals surface area contributed by atoms with Gasteiger partial charge in [0, 0.05) is 6.54 Å². The van der Waals surface area contributed by atoms with E-state index in [1.54, 1.807) is 0 Å². The molecule has 0 radical (unpaired) electrons. The molecule has 0 aromatic heterocycles. The first kappa shape index (κ1) is 12.9. The van der Waals surface area contributed by atoms with Crippen LogP contribution in [0.2, 0.25) is 0 Å². The predicted octanol–water partition coefficient (Wildman–Crippen LogP) is 1.23. The summed E-state index contributed by atoms with van der Waals surface area (Å²) in [5, 5.41) is 3.22. The van der Waals surface area contributed by atoms with Gasteiger partial charge in [-0.25, -0.2) is 0 Å². The Kier molecular flexibility index (Phi) is 8.45. The molecule has 1 amide bonds. The Hall–Kier alpha value is -0.0900. The van der Waals surface area contributed by atoms with Gasteiger partial charge in [-0.15, -0.1) is 0 Å². The Bertz CT molecular complexity index is 138. The lowest BCUT2D eigenvalue weighted by Gasteiger charge is -2.17. The van der Waals surface area contributed by atoms with Gasteiger partial charge in [0.15, 0.2) is 0 Å². The van der Waals surface area contributed by atoms with Crippen LogP contribution < -0.4 is 5.32 Å². The van der Waals surface area contributed by atoms with Crippen molar-refractivity contribution in [1.82, 2.24) is 10.2 Å². The average Bonchev–Trinajstić information content (AvgIpc) is 2.18. The number of carbonyl (C=O) groups excluding carboxylic acids is 1. The van der Waals surface area contributed by atoms with E-state index in [1.807, 2.05) is 0 Å². The molecule has 0 heterocycles. The van der Waals surface area contributed by atoms with E-state index in [4.69, 9.17) is 0 Å². The minimum absolute atomic E-state index is 0.0690. The number of rotatable bonds is 7. The van der Waals surface area contributed by atoms with Crippen molar-refractivity contribution < 1.29 is 4.79 Å².